The SMILES string of the molecule is C[n+]1ccc(N=Nc2c(N)n3n(c2=O)CCC3)cc1.C[n+]1ccccc1N=Nc1c(N)n2n(c1=O)CCC2.Nc1c(N=Nc2ccccn2)c(=O)n2n1CCC2.Nc1c(N=Nc2ccncc2)c(=O)n2n1CCC2. The molecule has 74 heavy (non-hydrogen) atoms. The normalized spacial score (nSPS) is 14.2. The highest BCUT2D eigenvalue weighted by Crippen LogP contribution is 2.27. The molecule has 0 bridgehead atoms. The van der Waals surface area contributed by atoms with Gasteiger partial charge in [0.25, 0.3) is 22.2 Å². The molecule has 4 aliphatic heterocycles. The monoisotopic (exact) mass is 1010 g/mol. The number of fused-ring (bicyclic) bond motifs is 4. The van der Waals surface area contributed by atoms with E-state index in [1.807, 2.05) is 72.2 Å². The maximum absolute atomic E-state index is 12.1. The van der Waals surface area contributed by atoms with Crippen LogP contribution in [0.15, 0.2) is 158 Å². The van der Waals surface area contributed by atoms with Crippen molar-refractivity contribution >= 4 is 69.0 Å². The van der Waals surface area contributed by atoms with E-state index in [2.05, 4.69) is 50.9 Å². The van der Waals surface area contributed by atoms with Gasteiger partial charge in [-0.15, -0.1) is 25.6 Å². The lowest BCUT2D eigenvalue weighted by Crippen LogP contribution is -2.26. The summed E-state index contributed by atoms with van der Waals surface area (Å²) in [4.78, 5) is 56.0. The molecular formula is C46H54N24O4+2. The van der Waals surface area contributed by atoms with Gasteiger partial charge in [-0.2, -0.15) is 5.11 Å². The molecule has 8 aromatic heterocycles. The first kappa shape index (κ1) is 49.2. The van der Waals surface area contributed by atoms with Crippen LogP contribution >= 0.6 is 0 Å². The van der Waals surface area contributed by atoms with Gasteiger partial charge in [-0.1, -0.05) is 12.1 Å². The number of nitrogens with two attached hydrogens (primary N) is 4. The number of pyridine rings is 4. The van der Waals surface area contributed by atoms with Gasteiger partial charge in [0.05, 0.1) is 29.7 Å². The van der Waals surface area contributed by atoms with Crippen LogP contribution in [0.5, 0.6) is 0 Å². The first-order valence-electron chi connectivity index (χ1n) is 23.6. The zero-order chi connectivity index (χ0) is 51.9. The van der Waals surface area contributed by atoms with Crippen molar-refractivity contribution in [3.8, 4) is 0 Å². The number of aryl methyl sites for hydroxylation is 2. The predicted octanol–water partition coefficient (Wildman–Crippen LogP) is 4.64. The minimum Gasteiger partial charge on any atom is -0.382 e. The Morgan fingerprint density at radius 1 is 0.419 bits per heavy atom. The Bertz CT molecular complexity index is 3560. The number of nitrogens with zero attached hydrogens (tertiary/aromatic N) is 20. The lowest BCUT2D eigenvalue weighted by atomic mass is 10.4. The fourth-order valence-corrected chi connectivity index (χ4v) is 8.51. The molecule has 0 unspecified atom stereocenters. The molecule has 28 heteroatoms. The van der Waals surface area contributed by atoms with Gasteiger partial charge in [0, 0.05) is 89.1 Å². The molecule has 0 atom stereocenters. The molecule has 380 valence electrons. The largest absolute Gasteiger partial charge is 0.382 e. The number of hydrogen-bond donors (Lipinski definition) is 4. The van der Waals surface area contributed by atoms with Crippen molar-refractivity contribution in [1.29, 1.82) is 0 Å². The van der Waals surface area contributed by atoms with Crippen LogP contribution < -0.4 is 54.3 Å². The molecule has 0 aromatic carbocycles. The average Bonchev–Trinajstić information content (AvgIpc) is 4.31. The minimum absolute atomic E-state index is 0.166. The van der Waals surface area contributed by atoms with E-state index in [9.17, 15) is 19.2 Å². The van der Waals surface area contributed by atoms with Gasteiger partial charge in [0.15, 0.2) is 58.5 Å². The van der Waals surface area contributed by atoms with Crippen molar-refractivity contribution in [2.75, 3.05) is 22.9 Å². The van der Waals surface area contributed by atoms with Crippen molar-refractivity contribution in [3.05, 3.63) is 139 Å². The number of nitrogen functional groups attached to an aromatic ring is 4. The molecule has 4 aliphatic rings. The van der Waals surface area contributed by atoms with Gasteiger partial charge in [-0.3, -0.25) is 42.9 Å². The van der Waals surface area contributed by atoms with Gasteiger partial charge < -0.3 is 22.9 Å². The van der Waals surface area contributed by atoms with E-state index in [-0.39, 0.29) is 45.0 Å². The maximum atomic E-state index is 12.1. The highest BCUT2D eigenvalue weighted by atomic mass is 16.2. The van der Waals surface area contributed by atoms with Crippen LogP contribution in [-0.2, 0) is 66.5 Å². The lowest BCUT2D eigenvalue weighted by Gasteiger charge is -1.98. The predicted molar refractivity (Wildman–Crippen MR) is 271 cm³/mol. The summed E-state index contributed by atoms with van der Waals surface area (Å²) in [5, 5.41) is 32.0. The molecule has 0 amide bonds. The zero-order valence-corrected chi connectivity index (χ0v) is 40.6. The van der Waals surface area contributed by atoms with Gasteiger partial charge >= 0.3 is 5.82 Å². The summed E-state index contributed by atoms with van der Waals surface area (Å²) in [6.07, 6.45) is 14.2. The van der Waals surface area contributed by atoms with Crippen molar-refractivity contribution in [2.45, 2.75) is 78.0 Å². The molecule has 28 nitrogen and oxygen atoms in total. The molecule has 12 rings (SSSR count). The number of hydrogen-bond acceptors (Lipinski definition) is 18. The number of anilines is 4. The summed E-state index contributed by atoms with van der Waals surface area (Å²) in [5.74, 6) is 2.66. The third-order valence-corrected chi connectivity index (χ3v) is 12.3. The van der Waals surface area contributed by atoms with E-state index in [0.717, 1.165) is 51.9 Å². The number of rotatable bonds is 8. The second-order valence-corrected chi connectivity index (χ2v) is 17.1. The van der Waals surface area contributed by atoms with Crippen LogP contribution in [0, 0.1) is 0 Å². The second kappa shape index (κ2) is 21.7. The quantitative estimate of drug-likeness (QED) is 0.121. The standard InChI is InChI=1S/2C12H14N6O.2C11H12N6O/c1-16-7-3-9(4-8-16)14-15-10-11(13)17-5-2-6-18(17)12(10)19;1-16-6-3-2-5-9(16)14-15-10-11(13)17-7-4-8-18(17)12(10)19;12-10-9(11(18)17-7-1-6-16(10)17)15-14-8-2-4-13-5-3-8;12-10-9(11(18)17-7-3-6-16(10)17)15-14-8-4-1-2-5-13-8/h3-4,7-8,13H,2,5-6H2,1H3;2-3,5-6,13H,4,7-8H2,1H3;2-5H,1,6-7,12H2;1-2,4-5H,3,6-7,12H2/p+2. The van der Waals surface area contributed by atoms with E-state index < -0.39 is 0 Å². The Labute approximate surface area is 419 Å². The molecule has 8 aromatic rings. The van der Waals surface area contributed by atoms with E-state index in [0.29, 0.717) is 72.5 Å². The van der Waals surface area contributed by atoms with Gasteiger partial charge in [-0.05, 0) is 61.1 Å². The van der Waals surface area contributed by atoms with Crippen molar-refractivity contribution in [3.63, 3.8) is 0 Å². The Kier molecular flexibility index (Phi) is 14.4. The first-order valence-corrected chi connectivity index (χ1v) is 23.6. The molecule has 0 radical (unpaired) electrons. The fraction of sp³-hybridized carbons (Fsp3) is 0.304. The summed E-state index contributed by atoms with van der Waals surface area (Å²) in [7, 11) is 3.79. The van der Waals surface area contributed by atoms with Crippen LogP contribution in [0.25, 0.3) is 0 Å². The van der Waals surface area contributed by atoms with Crippen molar-refractivity contribution < 1.29 is 9.13 Å². The number of azo groups is 4. The number of aromatic nitrogens is 12. The molecule has 0 saturated heterocycles. The zero-order valence-electron chi connectivity index (χ0n) is 40.6. The summed E-state index contributed by atoms with van der Waals surface area (Å²) in [6, 6.07) is 17.9. The molecule has 8 N–H and O–H groups in total. The van der Waals surface area contributed by atoms with Gasteiger partial charge in [0.2, 0.25) is 5.69 Å². The van der Waals surface area contributed by atoms with E-state index in [1.165, 1.54) is 0 Å². The van der Waals surface area contributed by atoms with Crippen LogP contribution in [0.3, 0.4) is 0 Å². The smallest absolute Gasteiger partial charge is 0.350 e. The summed E-state index contributed by atoms with van der Waals surface area (Å²) in [6.45, 7) is 5.78. The van der Waals surface area contributed by atoms with E-state index in [1.54, 1.807) is 86.4 Å². The van der Waals surface area contributed by atoms with Crippen LogP contribution in [0.2, 0.25) is 0 Å². The van der Waals surface area contributed by atoms with Crippen molar-refractivity contribution in [2.24, 2.45) is 55.0 Å². The fourth-order valence-electron chi connectivity index (χ4n) is 8.51. The van der Waals surface area contributed by atoms with Gasteiger partial charge in [0.1, 0.15) is 7.05 Å². The second-order valence-electron chi connectivity index (χ2n) is 17.1. The van der Waals surface area contributed by atoms with E-state index in [4.69, 9.17) is 22.9 Å². The Morgan fingerprint density at radius 3 is 1.22 bits per heavy atom. The summed E-state index contributed by atoms with van der Waals surface area (Å²) < 4.78 is 17.2. The molecule has 12 heterocycles. The highest BCUT2D eigenvalue weighted by Gasteiger charge is 2.25. The third-order valence-electron chi connectivity index (χ3n) is 12.3. The van der Waals surface area contributed by atoms with Crippen LogP contribution in [0.4, 0.5) is 69.0 Å². The Balaban J connectivity index is 0.000000121. The summed E-state index contributed by atoms with van der Waals surface area (Å²) >= 11 is 0. The first-order chi connectivity index (χ1) is 35.9. The molecule has 0 aliphatic carbocycles. The lowest BCUT2D eigenvalue weighted by molar-refractivity contribution is -0.671. The maximum Gasteiger partial charge on any atom is 0.350 e. The minimum atomic E-state index is -0.190. The Morgan fingerprint density at radius 2 is 0.811 bits per heavy atom. The summed E-state index contributed by atoms with van der Waals surface area (Å²) in [5.41, 5.74) is 25.1. The highest BCUT2D eigenvalue weighted by molar-refractivity contribution is 5.59. The van der Waals surface area contributed by atoms with Crippen LogP contribution in [-0.4, -0.2) is 47.4 Å². The third kappa shape index (κ3) is 10.2. The van der Waals surface area contributed by atoms with Crippen LogP contribution in [0.1, 0.15) is 25.7 Å². The topological polar surface area (TPSA) is 344 Å². The average molecular weight is 1010 g/mol. The Hall–Kier alpha value is -9.76. The van der Waals surface area contributed by atoms with Crippen molar-refractivity contribution in [1.82, 2.24) is 47.4 Å². The molecule has 0 fully saturated rings. The molecular weight excluding hydrogens is 953 g/mol. The van der Waals surface area contributed by atoms with Gasteiger partial charge in [-0.25, -0.2) is 32.8 Å². The molecule has 0 spiro atoms. The van der Waals surface area contributed by atoms with E-state index >= 15 is 0 Å². The molecule has 0 saturated carbocycles.